The molecule has 0 aliphatic carbocycles. The molecule has 3 saturated heterocycles. The molecule has 3 fully saturated rings. The van der Waals surface area contributed by atoms with E-state index in [2.05, 4.69) is 36.2 Å². The van der Waals surface area contributed by atoms with Crippen LogP contribution in [0.5, 0.6) is 5.75 Å². The second-order valence-electron chi connectivity index (χ2n) is 18.2. The van der Waals surface area contributed by atoms with Gasteiger partial charge in [0.05, 0.1) is 25.1 Å². The fraction of sp³-hybridized carbons (Fsp3) is 0.553. The van der Waals surface area contributed by atoms with E-state index >= 15 is 0 Å². The molecule has 7 N–H and O–H groups in total. The zero-order chi connectivity index (χ0) is 47.0. The van der Waals surface area contributed by atoms with Crippen LogP contribution in [0, 0.1) is 12.3 Å². The van der Waals surface area contributed by atoms with Crippen molar-refractivity contribution in [2.45, 2.75) is 142 Å². The molecule has 5 atom stereocenters. The summed E-state index contributed by atoms with van der Waals surface area (Å²) >= 11 is 1.46. The molecule has 2 bridgehead atoms. The number of nitrogen functional groups attached to an aromatic ring is 1. The molecule has 3 amide bonds. The van der Waals surface area contributed by atoms with E-state index in [-0.39, 0.29) is 30.6 Å². The first-order chi connectivity index (χ1) is 31.7. The van der Waals surface area contributed by atoms with Gasteiger partial charge >= 0.3 is 0 Å². The molecule has 18 nitrogen and oxygen atoms in total. The molecular weight excluding hydrogens is 861 g/mol. The number of likely N-dealkylation sites (tertiary alicyclic amines) is 1. The molecule has 19 heteroatoms. The van der Waals surface area contributed by atoms with Gasteiger partial charge in [-0.25, -0.2) is 4.98 Å². The van der Waals surface area contributed by atoms with Crippen LogP contribution in [0.3, 0.4) is 0 Å². The van der Waals surface area contributed by atoms with E-state index in [1.54, 1.807) is 27.2 Å². The maximum absolute atomic E-state index is 14.9. The lowest BCUT2D eigenvalue weighted by molar-refractivity contribution is -0.154. The van der Waals surface area contributed by atoms with E-state index in [0.29, 0.717) is 99.7 Å². The smallest absolute Gasteiger partial charge is 0.291 e. The highest BCUT2D eigenvalue weighted by atomic mass is 32.1. The summed E-state index contributed by atoms with van der Waals surface area (Å²) in [6.45, 7) is 8.40. The number of carbonyl (C=O) groups excluding carboxylic acids is 4. The number of rotatable bonds is 20. The van der Waals surface area contributed by atoms with E-state index < -0.39 is 35.1 Å². The molecule has 354 valence electrons. The topological polar surface area (TPSA) is 243 Å². The van der Waals surface area contributed by atoms with Crippen LogP contribution in [-0.4, -0.2) is 114 Å². The number of ether oxygens (including phenoxy) is 1. The molecule has 0 radical (unpaired) electrons. The molecule has 0 spiro atoms. The number of anilines is 4. The third-order valence-electron chi connectivity index (χ3n) is 13.2. The van der Waals surface area contributed by atoms with Gasteiger partial charge in [-0.2, -0.15) is 15.0 Å². The van der Waals surface area contributed by atoms with Gasteiger partial charge in [-0.05, 0) is 107 Å². The van der Waals surface area contributed by atoms with Gasteiger partial charge in [0, 0.05) is 60.7 Å². The largest absolute Gasteiger partial charge is 0.497 e. The number of amides is 3. The lowest BCUT2D eigenvalue weighted by Crippen LogP contribution is -2.60. The van der Waals surface area contributed by atoms with Crippen molar-refractivity contribution in [3.05, 3.63) is 70.0 Å². The van der Waals surface area contributed by atoms with Crippen molar-refractivity contribution in [3.63, 3.8) is 0 Å². The Hall–Kier alpha value is -5.95. The number of Topliss-reactive ketones (excluding diaryl/α,β-unsaturated/α-hetero) is 1. The Labute approximate surface area is 390 Å². The number of hydrogen-bond donors (Lipinski definition) is 6. The molecular formula is C47H64N12O6S. The van der Waals surface area contributed by atoms with Crippen LogP contribution in [0.2, 0.25) is 0 Å². The van der Waals surface area contributed by atoms with Crippen LogP contribution in [0.15, 0.2) is 42.6 Å². The summed E-state index contributed by atoms with van der Waals surface area (Å²) in [6.07, 6.45) is 8.47. The monoisotopic (exact) mass is 924 g/mol. The third-order valence-corrected chi connectivity index (χ3v) is 14.3. The predicted octanol–water partition coefficient (Wildman–Crippen LogP) is 4.82. The molecule has 3 aliphatic heterocycles. The van der Waals surface area contributed by atoms with Gasteiger partial charge in [-0.15, -0.1) is 11.3 Å². The highest BCUT2D eigenvalue weighted by Gasteiger charge is 2.46. The quantitative estimate of drug-likeness (QED) is 0.0652. The van der Waals surface area contributed by atoms with E-state index in [1.165, 1.54) is 16.2 Å². The Balaban J connectivity index is 1.06. The highest BCUT2D eigenvalue weighted by Crippen LogP contribution is 2.38. The fourth-order valence-corrected chi connectivity index (χ4v) is 9.98. The number of aryl methyl sites for hydroxylation is 2. The van der Waals surface area contributed by atoms with E-state index in [4.69, 9.17) is 20.4 Å². The number of methoxy groups -OCH3 is 1. The van der Waals surface area contributed by atoms with Gasteiger partial charge in [0.1, 0.15) is 17.8 Å². The van der Waals surface area contributed by atoms with Crippen LogP contribution in [0.4, 0.5) is 23.0 Å². The highest BCUT2D eigenvalue weighted by molar-refractivity contribution is 7.15. The summed E-state index contributed by atoms with van der Waals surface area (Å²) in [4.78, 5) is 83.3. The molecule has 66 heavy (non-hydrogen) atoms. The normalized spacial score (nSPS) is 19.8. The summed E-state index contributed by atoms with van der Waals surface area (Å²) in [5.41, 5.74) is 8.45. The number of piperidine rings is 2. The molecule has 1 aromatic carbocycles. The Morgan fingerprint density at radius 2 is 1.65 bits per heavy atom. The minimum absolute atomic E-state index is 0.0520. The number of hydrogen-bond acceptors (Lipinski definition) is 16. The SMILES string of the molecule is CCC(C)(C)C(=O)C(=O)N1CCCC[C@H]1C(=O)N[C@H](CCc1ccc(OC)cc1)C(=O)N1[C@@H]2CC[C@H]1CC(Nc1nc(NCCc3sc(N)nc3C)nc(NCc3ccnc(CO)c3)n1)C2. The first kappa shape index (κ1) is 48.0. The number of pyridine rings is 1. The number of aliphatic hydroxyl groups is 1. The lowest BCUT2D eigenvalue weighted by atomic mass is 9.84. The molecule has 7 rings (SSSR count). The number of nitrogens with two attached hydrogens (primary N) is 1. The summed E-state index contributed by atoms with van der Waals surface area (Å²) in [5.74, 6) is 0.171. The summed E-state index contributed by atoms with van der Waals surface area (Å²) in [7, 11) is 1.61. The average Bonchev–Trinajstić information content (AvgIpc) is 3.80. The first-order valence-corrected chi connectivity index (χ1v) is 23.9. The Morgan fingerprint density at radius 3 is 2.32 bits per heavy atom. The number of aromatic nitrogens is 5. The van der Waals surface area contributed by atoms with Gasteiger partial charge in [-0.1, -0.05) is 32.9 Å². The second-order valence-corrected chi connectivity index (χ2v) is 19.3. The zero-order valence-corrected chi connectivity index (χ0v) is 39.5. The van der Waals surface area contributed by atoms with Gasteiger partial charge in [-0.3, -0.25) is 24.2 Å². The van der Waals surface area contributed by atoms with Crippen LogP contribution in [-0.2, 0) is 45.2 Å². The van der Waals surface area contributed by atoms with Crippen molar-refractivity contribution in [1.82, 2.24) is 40.0 Å². The van der Waals surface area contributed by atoms with Crippen molar-refractivity contribution >= 4 is 57.8 Å². The van der Waals surface area contributed by atoms with Crippen molar-refractivity contribution in [2.75, 3.05) is 41.9 Å². The number of nitrogens with zero attached hydrogens (tertiary/aromatic N) is 7. The molecule has 3 aliphatic rings. The number of nitrogens with one attached hydrogen (secondary N) is 4. The summed E-state index contributed by atoms with van der Waals surface area (Å²) < 4.78 is 5.35. The van der Waals surface area contributed by atoms with E-state index in [1.807, 2.05) is 55.1 Å². The summed E-state index contributed by atoms with van der Waals surface area (Å²) in [6, 6.07) is 9.43. The molecule has 6 heterocycles. The van der Waals surface area contributed by atoms with Gasteiger partial charge in [0.2, 0.25) is 35.4 Å². The minimum Gasteiger partial charge on any atom is -0.497 e. The second kappa shape index (κ2) is 21.6. The molecule has 1 unspecified atom stereocenters. The molecule has 4 aromatic rings. The fourth-order valence-electron chi connectivity index (χ4n) is 9.15. The Kier molecular flexibility index (Phi) is 15.7. The van der Waals surface area contributed by atoms with Gasteiger partial charge in [0.15, 0.2) is 5.13 Å². The van der Waals surface area contributed by atoms with E-state index in [0.717, 1.165) is 46.7 Å². The van der Waals surface area contributed by atoms with Crippen LogP contribution in [0.1, 0.15) is 106 Å². The maximum Gasteiger partial charge on any atom is 0.291 e. The minimum atomic E-state index is -0.849. The zero-order valence-electron chi connectivity index (χ0n) is 38.6. The van der Waals surface area contributed by atoms with Crippen LogP contribution >= 0.6 is 11.3 Å². The standard InChI is InChI=1S/C47H64N12O6S/c1-6-47(3,4)39(61)42(64)58-22-8-7-9-37(58)40(62)54-36(17-12-29-10-15-35(65-5)16-11-29)41(63)59-33-13-14-34(59)25-31(24-33)53-46-56-44(50-21-19-38-28(2)52-43(48)66-38)55-45(57-46)51-26-30-18-20-49-32(23-30)27-60/h10-11,15-16,18,20,23,31,33-34,36-37,60H,6-9,12-14,17,19,21-22,24-27H2,1-5H3,(H2,48,52)(H,54,62)(H3,50,51,53,55,56,57)/t31?,33-,34+,36-,37+/m1/s1. The van der Waals surface area contributed by atoms with Crippen molar-refractivity contribution in [1.29, 1.82) is 0 Å². The number of aliphatic hydroxyl groups excluding tert-OH is 1. The molecule has 3 aromatic heterocycles. The van der Waals surface area contributed by atoms with Crippen LogP contribution < -0.4 is 31.7 Å². The van der Waals surface area contributed by atoms with Crippen molar-refractivity contribution < 1.29 is 29.0 Å². The van der Waals surface area contributed by atoms with Crippen molar-refractivity contribution in [2.24, 2.45) is 5.41 Å². The third kappa shape index (κ3) is 11.7. The number of ketones is 1. The van der Waals surface area contributed by atoms with Gasteiger partial charge in [0.25, 0.3) is 5.91 Å². The maximum atomic E-state index is 14.9. The number of thiazole rings is 1. The van der Waals surface area contributed by atoms with Gasteiger partial charge < -0.3 is 46.6 Å². The predicted molar refractivity (Wildman–Crippen MR) is 253 cm³/mol. The first-order valence-electron chi connectivity index (χ1n) is 23.1. The summed E-state index contributed by atoms with van der Waals surface area (Å²) in [5, 5.41) is 23.4. The number of carbonyl (C=O) groups is 4. The molecule has 0 saturated carbocycles. The number of benzene rings is 1. The van der Waals surface area contributed by atoms with E-state index in [9.17, 15) is 24.3 Å². The lowest BCUT2D eigenvalue weighted by Gasteiger charge is -2.41. The average molecular weight is 925 g/mol. The van der Waals surface area contributed by atoms with Crippen LogP contribution in [0.25, 0.3) is 0 Å². The number of fused-ring (bicyclic) bond motifs is 2. The van der Waals surface area contributed by atoms with Crippen molar-refractivity contribution in [3.8, 4) is 5.75 Å². The Bertz CT molecular complexity index is 2330. The Morgan fingerprint density at radius 1 is 0.939 bits per heavy atom.